The van der Waals surface area contributed by atoms with Crippen LogP contribution in [0.2, 0.25) is 0 Å². The Morgan fingerprint density at radius 2 is 2.05 bits per heavy atom. The van der Waals surface area contributed by atoms with Crippen LogP contribution in [0.5, 0.6) is 0 Å². The average Bonchev–Trinajstić information content (AvgIpc) is 2.55. The second-order valence-electron chi connectivity index (χ2n) is 5.98. The van der Waals surface area contributed by atoms with Gasteiger partial charge in [-0.05, 0) is 24.6 Å². The summed E-state index contributed by atoms with van der Waals surface area (Å²) < 4.78 is 0. The van der Waals surface area contributed by atoms with Crippen molar-refractivity contribution in [3.05, 3.63) is 23.8 Å². The van der Waals surface area contributed by atoms with Crippen molar-refractivity contribution in [1.82, 2.24) is 4.90 Å². The topological polar surface area (TPSA) is 92.5 Å². The molecule has 0 saturated carbocycles. The number of anilines is 2. The molecule has 112 valence electrons. The van der Waals surface area contributed by atoms with Crippen LogP contribution in [0.1, 0.15) is 25.8 Å². The second-order valence-corrected chi connectivity index (χ2v) is 5.98. The van der Waals surface area contributed by atoms with Gasteiger partial charge in [0.1, 0.15) is 6.54 Å². The number of benzene rings is 1. The lowest BCUT2D eigenvalue weighted by molar-refractivity contribution is -0.143. The van der Waals surface area contributed by atoms with Crippen LogP contribution in [0.3, 0.4) is 0 Å². The molecule has 0 aromatic heterocycles. The minimum absolute atomic E-state index is 0.131. The van der Waals surface area contributed by atoms with Crippen LogP contribution in [0.25, 0.3) is 0 Å². The predicted octanol–water partition coefficient (Wildman–Crippen LogP) is 1.30. The van der Waals surface area contributed by atoms with Crippen molar-refractivity contribution < 1.29 is 14.4 Å². The first kappa shape index (κ1) is 15.0. The third-order valence-corrected chi connectivity index (χ3v) is 3.50. The molecule has 3 amide bonds. The number of likely N-dealkylation sites (tertiary alicyclic amines) is 1. The molecule has 0 unspecified atom stereocenters. The lowest BCUT2D eigenvalue weighted by atomic mass is 9.92. The van der Waals surface area contributed by atoms with Crippen molar-refractivity contribution >= 4 is 29.1 Å². The van der Waals surface area contributed by atoms with Crippen molar-refractivity contribution in [2.24, 2.45) is 5.41 Å². The monoisotopic (exact) mass is 289 g/mol. The Bertz CT molecular complexity index is 623. The van der Waals surface area contributed by atoms with Gasteiger partial charge >= 0.3 is 0 Å². The van der Waals surface area contributed by atoms with Crippen LogP contribution >= 0.6 is 0 Å². The second kappa shape index (κ2) is 5.20. The molecular formula is C15H19N3O3. The summed E-state index contributed by atoms with van der Waals surface area (Å²) in [5, 5.41) is 2.62. The van der Waals surface area contributed by atoms with Gasteiger partial charge < -0.3 is 11.1 Å². The first-order valence-electron chi connectivity index (χ1n) is 6.71. The molecule has 3 N–H and O–H groups in total. The first-order valence-corrected chi connectivity index (χ1v) is 6.71. The van der Waals surface area contributed by atoms with Crippen LogP contribution in [0.15, 0.2) is 18.2 Å². The zero-order valence-electron chi connectivity index (χ0n) is 12.4. The summed E-state index contributed by atoms with van der Waals surface area (Å²) in [5.41, 5.74) is 6.98. The minimum atomic E-state index is -0.736. The van der Waals surface area contributed by atoms with E-state index in [9.17, 15) is 14.4 Å². The molecule has 0 bridgehead atoms. The van der Waals surface area contributed by atoms with E-state index in [2.05, 4.69) is 5.32 Å². The number of hydrogen-bond acceptors (Lipinski definition) is 4. The highest BCUT2D eigenvalue weighted by Crippen LogP contribution is 2.31. The SMILES string of the molecule is Cc1ccc(NC(=O)CN2C(=O)CC(C)(C)C2=O)c(N)c1. The number of imide groups is 1. The highest BCUT2D eigenvalue weighted by atomic mass is 16.2. The van der Waals surface area contributed by atoms with Gasteiger partial charge in [-0.3, -0.25) is 19.3 Å². The van der Waals surface area contributed by atoms with Crippen LogP contribution in [0.4, 0.5) is 11.4 Å². The molecule has 0 atom stereocenters. The van der Waals surface area contributed by atoms with E-state index in [4.69, 9.17) is 5.73 Å². The summed E-state index contributed by atoms with van der Waals surface area (Å²) in [6.07, 6.45) is 0.131. The molecule has 1 aromatic carbocycles. The number of nitrogens with one attached hydrogen (secondary N) is 1. The molecule has 1 aliphatic heterocycles. The first-order chi connectivity index (χ1) is 9.70. The molecule has 1 saturated heterocycles. The summed E-state index contributed by atoms with van der Waals surface area (Å²) in [5.74, 6) is -1.08. The molecule has 0 spiro atoms. The van der Waals surface area contributed by atoms with Crippen LogP contribution in [-0.4, -0.2) is 29.2 Å². The summed E-state index contributed by atoms with van der Waals surface area (Å²) in [4.78, 5) is 36.8. The Morgan fingerprint density at radius 3 is 2.57 bits per heavy atom. The highest BCUT2D eigenvalue weighted by molar-refractivity contribution is 6.09. The van der Waals surface area contributed by atoms with E-state index in [-0.39, 0.29) is 24.8 Å². The van der Waals surface area contributed by atoms with Gasteiger partial charge in [0.2, 0.25) is 17.7 Å². The molecule has 6 heteroatoms. The summed E-state index contributed by atoms with van der Waals surface area (Å²) in [6, 6.07) is 5.26. The Balaban J connectivity index is 2.06. The lowest BCUT2D eigenvalue weighted by Crippen LogP contribution is -2.39. The number of nitrogen functional groups attached to an aromatic ring is 1. The zero-order chi connectivity index (χ0) is 15.8. The number of carbonyl (C=O) groups is 3. The van der Waals surface area contributed by atoms with Crippen molar-refractivity contribution in [2.75, 3.05) is 17.6 Å². The molecule has 2 rings (SSSR count). The van der Waals surface area contributed by atoms with Gasteiger partial charge in [0, 0.05) is 6.42 Å². The zero-order valence-corrected chi connectivity index (χ0v) is 12.4. The molecular weight excluding hydrogens is 270 g/mol. The number of aryl methyl sites for hydroxylation is 1. The fraction of sp³-hybridized carbons (Fsp3) is 0.400. The normalized spacial score (nSPS) is 17.2. The Hall–Kier alpha value is -2.37. The maximum Gasteiger partial charge on any atom is 0.244 e. The number of nitrogens with zero attached hydrogens (tertiary/aromatic N) is 1. The largest absolute Gasteiger partial charge is 0.397 e. The number of amides is 3. The van der Waals surface area contributed by atoms with Gasteiger partial charge in [0.05, 0.1) is 16.8 Å². The number of nitrogens with two attached hydrogens (primary N) is 1. The van der Waals surface area contributed by atoms with E-state index in [0.29, 0.717) is 11.4 Å². The molecule has 6 nitrogen and oxygen atoms in total. The Morgan fingerprint density at radius 1 is 1.38 bits per heavy atom. The standard InChI is InChI=1S/C15H19N3O3/c1-9-4-5-11(10(16)6-9)17-12(19)8-18-13(20)7-15(2,3)14(18)21/h4-6H,7-8,16H2,1-3H3,(H,17,19). The fourth-order valence-corrected chi connectivity index (χ4v) is 2.32. The van der Waals surface area contributed by atoms with Crippen molar-refractivity contribution in [3.63, 3.8) is 0 Å². The molecule has 0 aliphatic carbocycles. The van der Waals surface area contributed by atoms with Gasteiger partial charge in [-0.2, -0.15) is 0 Å². The van der Waals surface area contributed by atoms with E-state index in [0.717, 1.165) is 10.5 Å². The van der Waals surface area contributed by atoms with E-state index in [1.54, 1.807) is 26.0 Å². The number of carbonyl (C=O) groups excluding carboxylic acids is 3. The maximum absolute atomic E-state index is 12.0. The fourth-order valence-electron chi connectivity index (χ4n) is 2.32. The molecule has 1 aromatic rings. The van der Waals surface area contributed by atoms with E-state index < -0.39 is 11.3 Å². The predicted molar refractivity (Wildman–Crippen MR) is 79.3 cm³/mol. The van der Waals surface area contributed by atoms with Crippen LogP contribution < -0.4 is 11.1 Å². The van der Waals surface area contributed by atoms with Gasteiger partial charge in [0.25, 0.3) is 0 Å². The molecule has 1 heterocycles. The summed E-state index contributed by atoms with van der Waals surface area (Å²) >= 11 is 0. The number of rotatable bonds is 3. The van der Waals surface area contributed by atoms with Gasteiger partial charge in [-0.1, -0.05) is 19.9 Å². The van der Waals surface area contributed by atoms with E-state index >= 15 is 0 Å². The Kier molecular flexibility index (Phi) is 3.72. The molecule has 1 fully saturated rings. The van der Waals surface area contributed by atoms with Crippen LogP contribution in [-0.2, 0) is 14.4 Å². The van der Waals surface area contributed by atoms with Crippen molar-refractivity contribution in [3.8, 4) is 0 Å². The minimum Gasteiger partial charge on any atom is -0.397 e. The third kappa shape index (κ3) is 3.04. The number of hydrogen-bond donors (Lipinski definition) is 2. The van der Waals surface area contributed by atoms with Gasteiger partial charge in [-0.25, -0.2) is 0 Å². The quantitative estimate of drug-likeness (QED) is 0.648. The van der Waals surface area contributed by atoms with E-state index in [1.807, 2.05) is 13.0 Å². The van der Waals surface area contributed by atoms with E-state index in [1.165, 1.54) is 0 Å². The smallest absolute Gasteiger partial charge is 0.244 e. The summed E-state index contributed by atoms with van der Waals surface area (Å²) in [7, 11) is 0. The third-order valence-electron chi connectivity index (χ3n) is 3.50. The molecule has 0 radical (unpaired) electrons. The average molecular weight is 289 g/mol. The summed E-state index contributed by atoms with van der Waals surface area (Å²) in [6.45, 7) is 5.01. The van der Waals surface area contributed by atoms with Crippen LogP contribution in [0, 0.1) is 12.3 Å². The van der Waals surface area contributed by atoms with Gasteiger partial charge in [0.15, 0.2) is 0 Å². The highest BCUT2D eigenvalue weighted by Gasteiger charge is 2.45. The van der Waals surface area contributed by atoms with Gasteiger partial charge in [-0.15, -0.1) is 0 Å². The molecule has 1 aliphatic rings. The lowest BCUT2D eigenvalue weighted by Gasteiger charge is -2.17. The van der Waals surface area contributed by atoms with Crippen molar-refractivity contribution in [1.29, 1.82) is 0 Å². The Labute approximate surface area is 123 Å². The van der Waals surface area contributed by atoms with Crippen molar-refractivity contribution in [2.45, 2.75) is 27.2 Å². The maximum atomic E-state index is 12.0. The molecule has 21 heavy (non-hydrogen) atoms.